The molecule has 1 N–H and O–H groups in total. The van der Waals surface area contributed by atoms with Crippen molar-refractivity contribution in [1.82, 2.24) is 4.98 Å². The summed E-state index contributed by atoms with van der Waals surface area (Å²) in [5, 5.41) is 2.52. The molecule has 23 heavy (non-hydrogen) atoms. The molecule has 128 valence electrons. The second-order valence-corrected chi connectivity index (χ2v) is 4.97. The molecule has 1 amide bonds. The molecule has 0 aliphatic carbocycles. The first-order valence-corrected chi connectivity index (χ1v) is 7.17. The molecule has 1 aromatic rings. The highest BCUT2D eigenvalue weighted by Gasteiger charge is 2.27. The Morgan fingerprint density at radius 3 is 2.70 bits per heavy atom. The molecule has 0 spiro atoms. The van der Waals surface area contributed by atoms with Gasteiger partial charge in [0.2, 0.25) is 5.91 Å². The molecular formula is C14H18F3N3O3. The van der Waals surface area contributed by atoms with Crippen molar-refractivity contribution in [3.8, 4) is 0 Å². The van der Waals surface area contributed by atoms with Crippen molar-refractivity contribution in [3.63, 3.8) is 0 Å². The average molecular weight is 333 g/mol. The number of hydrogen-bond donors (Lipinski definition) is 1. The molecule has 2 heterocycles. The highest BCUT2D eigenvalue weighted by molar-refractivity contribution is 5.89. The largest absolute Gasteiger partial charge is 0.411 e. The predicted octanol–water partition coefficient (Wildman–Crippen LogP) is 1.83. The van der Waals surface area contributed by atoms with Crippen LogP contribution < -0.4 is 10.2 Å². The minimum Gasteiger partial charge on any atom is -0.378 e. The van der Waals surface area contributed by atoms with E-state index in [1.54, 1.807) is 12.3 Å². The monoisotopic (exact) mass is 333 g/mol. The van der Waals surface area contributed by atoms with Crippen molar-refractivity contribution in [2.24, 2.45) is 0 Å². The van der Waals surface area contributed by atoms with Gasteiger partial charge in [0.05, 0.1) is 38.1 Å². The highest BCUT2D eigenvalue weighted by Crippen LogP contribution is 2.17. The van der Waals surface area contributed by atoms with Gasteiger partial charge < -0.3 is 19.7 Å². The maximum atomic E-state index is 11.9. The van der Waals surface area contributed by atoms with Crippen molar-refractivity contribution in [2.45, 2.75) is 12.6 Å². The van der Waals surface area contributed by atoms with Gasteiger partial charge in [-0.05, 0) is 12.1 Å². The van der Waals surface area contributed by atoms with E-state index in [1.807, 2.05) is 6.07 Å². The summed E-state index contributed by atoms with van der Waals surface area (Å²) in [5.41, 5.74) is 0.930. The number of pyridine rings is 1. The summed E-state index contributed by atoms with van der Waals surface area (Å²) in [5.74, 6) is -0.0957. The predicted molar refractivity (Wildman–Crippen MR) is 77.4 cm³/mol. The number of morpholine rings is 1. The van der Waals surface area contributed by atoms with Crippen molar-refractivity contribution in [2.75, 3.05) is 49.7 Å². The summed E-state index contributed by atoms with van der Waals surface area (Å²) in [6.45, 7) is 1.24. The standard InChI is InChI=1S/C14H18F3N3O3/c15-14(16,17)10-23-6-3-13(21)19-12-2-1-11(9-18-12)20-4-7-22-8-5-20/h1-2,9H,3-8,10H2,(H,18,19,21). The fourth-order valence-corrected chi connectivity index (χ4v) is 2.03. The van der Waals surface area contributed by atoms with Crippen LogP contribution in [0.25, 0.3) is 0 Å². The van der Waals surface area contributed by atoms with Crippen molar-refractivity contribution >= 4 is 17.4 Å². The van der Waals surface area contributed by atoms with E-state index in [9.17, 15) is 18.0 Å². The number of carbonyl (C=O) groups excluding carboxylic acids is 1. The van der Waals surface area contributed by atoms with Gasteiger partial charge in [0.1, 0.15) is 12.4 Å². The van der Waals surface area contributed by atoms with E-state index in [1.165, 1.54) is 0 Å². The number of rotatable bonds is 6. The zero-order chi connectivity index (χ0) is 16.7. The quantitative estimate of drug-likeness (QED) is 0.805. The fraction of sp³-hybridized carbons (Fsp3) is 0.571. The number of nitrogens with one attached hydrogen (secondary N) is 1. The van der Waals surface area contributed by atoms with E-state index >= 15 is 0 Å². The van der Waals surface area contributed by atoms with Crippen molar-refractivity contribution < 1.29 is 27.4 Å². The molecule has 0 saturated carbocycles. The van der Waals surface area contributed by atoms with Gasteiger partial charge in [-0.15, -0.1) is 0 Å². The summed E-state index contributed by atoms with van der Waals surface area (Å²) in [6.07, 6.45) is -2.91. The Hall–Kier alpha value is -1.87. The Labute approximate surface area is 131 Å². The van der Waals surface area contributed by atoms with Gasteiger partial charge in [0, 0.05) is 13.1 Å². The Kier molecular flexibility index (Phi) is 6.17. The molecular weight excluding hydrogens is 315 g/mol. The number of alkyl halides is 3. The van der Waals surface area contributed by atoms with Crippen LogP contribution in [0.5, 0.6) is 0 Å². The van der Waals surface area contributed by atoms with Crippen LogP contribution in [-0.4, -0.2) is 56.6 Å². The number of amides is 1. The van der Waals surface area contributed by atoms with E-state index in [4.69, 9.17) is 4.74 Å². The molecule has 1 saturated heterocycles. The lowest BCUT2D eigenvalue weighted by Gasteiger charge is -2.28. The Morgan fingerprint density at radius 2 is 2.09 bits per heavy atom. The number of nitrogens with zero attached hydrogens (tertiary/aromatic N) is 2. The van der Waals surface area contributed by atoms with Crippen LogP contribution in [0.3, 0.4) is 0 Å². The van der Waals surface area contributed by atoms with Gasteiger partial charge >= 0.3 is 6.18 Å². The fourth-order valence-electron chi connectivity index (χ4n) is 2.03. The molecule has 6 nitrogen and oxygen atoms in total. The lowest BCUT2D eigenvalue weighted by molar-refractivity contribution is -0.174. The topological polar surface area (TPSA) is 63.7 Å². The lowest BCUT2D eigenvalue weighted by atomic mass is 10.3. The SMILES string of the molecule is O=C(CCOCC(F)(F)F)Nc1ccc(N2CCOCC2)cn1. The first-order chi connectivity index (χ1) is 10.9. The van der Waals surface area contributed by atoms with Crippen LogP contribution in [0, 0.1) is 0 Å². The second kappa shape index (κ2) is 8.11. The van der Waals surface area contributed by atoms with E-state index in [0.717, 1.165) is 18.8 Å². The number of carbonyl (C=O) groups is 1. The van der Waals surface area contributed by atoms with Crippen LogP contribution >= 0.6 is 0 Å². The number of aromatic nitrogens is 1. The normalized spacial score (nSPS) is 15.5. The highest BCUT2D eigenvalue weighted by atomic mass is 19.4. The van der Waals surface area contributed by atoms with Crippen LogP contribution in [0.2, 0.25) is 0 Å². The molecule has 0 bridgehead atoms. The summed E-state index contributed by atoms with van der Waals surface area (Å²) in [4.78, 5) is 17.8. The van der Waals surface area contributed by atoms with Gasteiger partial charge in [0.25, 0.3) is 0 Å². The third kappa shape index (κ3) is 6.41. The van der Waals surface area contributed by atoms with Crippen molar-refractivity contribution in [3.05, 3.63) is 18.3 Å². The smallest absolute Gasteiger partial charge is 0.378 e. The summed E-state index contributed by atoms with van der Waals surface area (Å²) in [7, 11) is 0. The van der Waals surface area contributed by atoms with Crippen LogP contribution in [0.15, 0.2) is 18.3 Å². The maximum absolute atomic E-state index is 11.9. The third-order valence-corrected chi connectivity index (χ3v) is 3.13. The third-order valence-electron chi connectivity index (χ3n) is 3.13. The number of ether oxygens (including phenoxy) is 2. The molecule has 1 fully saturated rings. The molecule has 1 aliphatic rings. The second-order valence-electron chi connectivity index (χ2n) is 4.97. The molecule has 0 radical (unpaired) electrons. The molecule has 9 heteroatoms. The van der Waals surface area contributed by atoms with Gasteiger partial charge in [-0.25, -0.2) is 4.98 Å². The average Bonchev–Trinajstić information content (AvgIpc) is 2.52. The van der Waals surface area contributed by atoms with Crippen molar-refractivity contribution in [1.29, 1.82) is 0 Å². The van der Waals surface area contributed by atoms with Gasteiger partial charge in [0.15, 0.2) is 0 Å². The first-order valence-electron chi connectivity index (χ1n) is 7.17. The van der Waals surface area contributed by atoms with Gasteiger partial charge in [-0.3, -0.25) is 4.79 Å². The Bertz CT molecular complexity index is 502. The number of halogens is 3. The van der Waals surface area contributed by atoms with E-state index in [-0.39, 0.29) is 13.0 Å². The maximum Gasteiger partial charge on any atom is 0.411 e. The first kappa shape index (κ1) is 17.5. The van der Waals surface area contributed by atoms with Gasteiger partial charge in [-0.2, -0.15) is 13.2 Å². The van der Waals surface area contributed by atoms with E-state index < -0.39 is 18.7 Å². The molecule has 1 aromatic heterocycles. The molecule has 0 unspecified atom stereocenters. The molecule has 2 rings (SSSR count). The summed E-state index contributed by atoms with van der Waals surface area (Å²) < 4.78 is 45.3. The minimum absolute atomic E-state index is 0.164. The van der Waals surface area contributed by atoms with Crippen LogP contribution in [0.4, 0.5) is 24.7 Å². The molecule has 0 aromatic carbocycles. The minimum atomic E-state index is -4.38. The molecule has 0 atom stereocenters. The molecule has 1 aliphatic heterocycles. The zero-order valence-electron chi connectivity index (χ0n) is 12.4. The van der Waals surface area contributed by atoms with Crippen LogP contribution in [0.1, 0.15) is 6.42 Å². The van der Waals surface area contributed by atoms with Crippen LogP contribution in [-0.2, 0) is 14.3 Å². The summed E-state index contributed by atoms with van der Waals surface area (Å²) >= 11 is 0. The summed E-state index contributed by atoms with van der Waals surface area (Å²) in [6, 6.07) is 3.48. The van der Waals surface area contributed by atoms with Gasteiger partial charge in [-0.1, -0.05) is 0 Å². The Balaban J connectivity index is 1.73. The zero-order valence-corrected chi connectivity index (χ0v) is 12.4. The van der Waals surface area contributed by atoms with E-state index in [2.05, 4.69) is 19.9 Å². The number of anilines is 2. The lowest BCUT2D eigenvalue weighted by Crippen LogP contribution is -2.36. The van der Waals surface area contributed by atoms with E-state index in [0.29, 0.717) is 19.0 Å². The Morgan fingerprint density at radius 1 is 1.35 bits per heavy atom. The number of hydrogen-bond acceptors (Lipinski definition) is 5.